The molecule has 0 amide bonds. The molecule has 3 heteroatoms. The Bertz CT molecular complexity index is 233. The van der Waals surface area contributed by atoms with Crippen LogP contribution in [0.4, 0.5) is 4.39 Å². The van der Waals surface area contributed by atoms with Crippen LogP contribution in [0.3, 0.4) is 0 Å². The fraction of sp³-hybridized carbons (Fsp3) is 0.143. The predicted molar refractivity (Wildman–Crippen MR) is 42.7 cm³/mol. The lowest BCUT2D eigenvalue weighted by Crippen LogP contribution is -1.82. The summed E-state index contributed by atoms with van der Waals surface area (Å²) in [7, 11) is 0. The zero-order valence-electron chi connectivity index (χ0n) is 5.21. The summed E-state index contributed by atoms with van der Waals surface area (Å²) in [6.45, 7) is 1.74. The second kappa shape index (κ2) is 2.89. The monoisotopic (exact) mass is 221 g/mol. The Labute approximate surface area is 72.1 Å². The first kappa shape index (κ1) is 8.02. The highest BCUT2D eigenvalue weighted by atomic mass is 79.9. The first-order valence-corrected chi connectivity index (χ1v) is 3.82. The minimum Gasteiger partial charge on any atom is -0.205 e. The van der Waals surface area contributed by atoms with E-state index in [1.165, 1.54) is 6.07 Å². The summed E-state index contributed by atoms with van der Waals surface area (Å²) in [6, 6.07) is 3.78. The number of benzene rings is 1. The van der Waals surface area contributed by atoms with Gasteiger partial charge in [0.2, 0.25) is 0 Å². The van der Waals surface area contributed by atoms with Gasteiger partial charge in [0.15, 0.2) is 0 Å². The van der Waals surface area contributed by atoms with E-state index in [-0.39, 0.29) is 0 Å². The average Bonchev–Trinajstić information content (AvgIpc) is 1.93. The molecule has 0 atom stereocenters. The minimum absolute atomic E-state index is 0.389. The van der Waals surface area contributed by atoms with Crippen molar-refractivity contribution in [3.8, 4) is 0 Å². The second-order valence-corrected chi connectivity index (χ2v) is 3.09. The third-order valence-corrected chi connectivity index (χ3v) is 2.54. The highest BCUT2D eigenvalue weighted by Crippen LogP contribution is 2.25. The van der Waals surface area contributed by atoms with Crippen molar-refractivity contribution < 1.29 is 4.39 Å². The van der Waals surface area contributed by atoms with Crippen LogP contribution >= 0.6 is 27.5 Å². The molecule has 1 aromatic carbocycles. The SMILES string of the molecule is Cc1c(Cl)c[c]c(F)c1Br. The van der Waals surface area contributed by atoms with Crippen molar-refractivity contribution in [3.63, 3.8) is 0 Å². The van der Waals surface area contributed by atoms with Gasteiger partial charge in [-0.3, -0.25) is 0 Å². The molecule has 1 radical (unpaired) electrons. The Morgan fingerprint density at radius 1 is 1.70 bits per heavy atom. The van der Waals surface area contributed by atoms with E-state index in [9.17, 15) is 4.39 Å². The summed E-state index contributed by atoms with van der Waals surface area (Å²) in [5.41, 5.74) is 0.706. The quantitative estimate of drug-likeness (QED) is 0.591. The van der Waals surface area contributed by atoms with Gasteiger partial charge in [-0.15, -0.1) is 0 Å². The Balaban J connectivity index is 3.34. The van der Waals surface area contributed by atoms with E-state index in [4.69, 9.17) is 11.6 Å². The highest BCUT2D eigenvalue weighted by molar-refractivity contribution is 9.10. The van der Waals surface area contributed by atoms with Crippen LogP contribution in [0.5, 0.6) is 0 Å². The molecule has 0 saturated carbocycles. The van der Waals surface area contributed by atoms with Crippen molar-refractivity contribution in [3.05, 3.63) is 33.0 Å². The topological polar surface area (TPSA) is 0 Å². The van der Waals surface area contributed by atoms with E-state index >= 15 is 0 Å². The molecule has 0 fully saturated rings. The molecular weight excluding hydrogens is 218 g/mol. The Hall–Kier alpha value is -0.0800. The summed E-state index contributed by atoms with van der Waals surface area (Å²) in [5, 5.41) is 0.522. The van der Waals surface area contributed by atoms with Gasteiger partial charge in [0.1, 0.15) is 5.82 Å². The van der Waals surface area contributed by atoms with Crippen molar-refractivity contribution in [2.24, 2.45) is 0 Å². The fourth-order valence-electron chi connectivity index (χ4n) is 0.568. The van der Waals surface area contributed by atoms with E-state index in [2.05, 4.69) is 22.0 Å². The molecular formula is C7H4BrClF. The molecule has 0 saturated heterocycles. The maximum atomic E-state index is 12.6. The Kier molecular flexibility index (Phi) is 2.32. The molecule has 0 spiro atoms. The van der Waals surface area contributed by atoms with E-state index in [0.29, 0.717) is 15.1 Å². The largest absolute Gasteiger partial charge is 0.205 e. The van der Waals surface area contributed by atoms with Crippen molar-refractivity contribution in [1.82, 2.24) is 0 Å². The van der Waals surface area contributed by atoms with Gasteiger partial charge in [-0.25, -0.2) is 4.39 Å². The van der Waals surface area contributed by atoms with Crippen molar-refractivity contribution in [1.29, 1.82) is 0 Å². The van der Waals surface area contributed by atoms with Crippen LogP contribution in [0.15, 0.2) is 10.5 Å². The molecule has 0 N–H and O–H groups in total. The smallest absolute Gasteiger partial charge is 0.145 e. The third kappa shape index (κ3) is 1.32. The molecule has 0 aromatic heterocycles. The van der Waals surface area contributed by atoms with Crippen molar-refractivity contribution >= 4 is 27.5 Å². The van der Waals surface area contributed by atoms with Gasteiger partial charge in [-0.1, -0.05) is 11.6 Å². The molecule has 0 aliphatic carbocycles. The van der Waals surface area contributed by atoms with Crippen LogP contribution in [0.25, 0.3) is 0 Å². The van der Waals surface area contributed by atoms with Crippen molar-refractivity contribution in [2.75, 3.05) is 0 Å². The number of halogens is 3. The van der Waals surface area contributed by atoms with Crippen LogP contribution in [0, 0.1) is 18.8 Å². The van der Waals surface area contributed by atoms with E-state index in [0.717, 1.165) is 0 Å². The average molecular weight is 222 g/mol. The van der Waals surface area contributed by atoms with Gasteiger partial charge in [-0.2, -0.15) is 0 Å². The first-order valence-electron chi connectivity index (χ1n) is 2.64. The minimum atomic E-state index is -0.401. The summed E-state index contributed by atoms with van der Waals surface area (Å²) in [4.78, 5) is 0. The summed E-state index contributed by atoms with van der Waals surface area (Å²) < 4.78 is 13.0. The molecule has 0 aliphatic heterocycles. The van der Waals surface area contributed by atoms with Gasteiger partial charge in [0.05, 0.1) is 4.47 Å². The molecule has 0 heterocycles. The maximum Gasteiger partial charge on any atom is 0.145 e. The highest BCUT2D eigenvalue weighted by Gasteiger charge is 2.04. The normalized spacial score (nSPS) is 10.0. The summed E-state index contributed by atoms with van der Waals surface area (Å²) in [6.07, 6.45) is 0. The predicted octanol–water partition coefficient (Wildman–Crippen LogP) is 3.35. The lowest BCUT2D eigenvalue weighted by molar-refractivity contribution is 0.617. The summed E-state index contributed by atoms with van der Waals surface area (Å²) in [5.74, 6) is -0.401. The molecule has 53 valence electrons. The molecule has 1 aromatic rings. The third-order valence-electron chi connectivity index (χ3n) is 1.21. The van der Waals surface area contributed by atoms with E-state index in [1.807, 2.05) is 0 Å². The molecule has 0 nitrogen and oxygen atoms in total. The molecule has 0 aliphatic rings. The lowest BCUT2D eigenvalue weighted by atomic mass is 10.2. The zero-order chi connectivity index (χ0) is 7.72. The first-order chi connectivity index (χ1) is 4.63. The number of rotatable bonds is 0. The Morgan fingerprint density at radius 3 is 2.80 bits per heavy atom. The molecule has 10 heavy (non-hydrogen) atoms. The van der Waals surface area contributed by atoms with Crippen LogP contribution in [-0.4, -0.2) is 0 Å². The van der Waals surface area contributed by atoms with E-state index in [1.54, 1.807) is 6.92 Å². The summed E-state index contributed by atoms with van der Waals surface area (Å²) >= 11 is 8.70. The maximum absolute atomic E-state index is 12.6. The van der Waals surface area contributed by atoms with Gasteiger partial charge in [0, 0.05) is 11.1 Å². The van der Waals surface area contributed by atoms with Crippen LogP contribution < -0.4 is 0 Å². The fourth-order valence-corrected chi connectivity index (χ4v) is 1.16. The van der Waals surface area contributed by atoms with Crippen LogP contribution in [0.2, 0.25) is 5.02 Å². The molecule has 1 rings (SSSR count). The van der Waals surface area contributed by atoms with Gasteiger partial charge in [0.25, 0.3) is 0 Å². The van der Waals surface area contributed by atoms with Gasteiger partial charge >= 0.3 is 0 Å². The second-order valence-electron chi connectivity index (χ2n) is 1.89. The number of hydrogen-bond acceptors (Lipinski definition) is 0. The molecule has 0 unspecified atom stereocenters. The van der Waals surface area contributed by atoms with Crippen LogP contribution in [-0.2, 0) is 0 Å². The lowest BCUT2D eigenvalue weighted by Gasteiger charge is -1.99. The number of hydrogen-bond donors (Lipinski definition) is 0. The zero-order valence-corrected chi connectivity index (χ0v) is 7.55. The standard InChI is InChI=1S/C7H4BrClF/c1-4-5(9)2-3-6(10)7(4)8/h2H,1H3. The van der Waals surface area contributed by atoms with E-state index < -0.39 is 5.82 Å². The molecule has 0 bridgehead atoms. The Morgan fingerprint density at radius 2 is 2.30 bits per heavy atom. The van der Waals surface area contributed by atoms with Gasteiger partial charge < -0.3 is 0 Å². The van der Waals surface area contributed by atoms with Gasteiger partial charge in [-0.05, 0) is 34.5 Å². The van der Waals surface area contributed by atoms with Crippen molar-refractivity contribution in [2.45, 2.75) is 6.92 Å². The van der Waals surface area contributed by atoms with Crippen LogP contribution in [0.1, 0.15) is 5.56 Å².